The van der Waals surface area contributed by atoms with Crippen molar-refractivity contribution in [1.29, 1.82) is 0 Å². The van der Waals surface area contributed by atoms with E-state index in [1.54, 1.807) is 12.1 Å². The van der Waals surface area contributed by atoms with E-state index in [0.717, 1.165) is 22.2 Å². The van der Waals surface area contributed by atoms with Crippen LogP contribution in [0.5, 0.6) is 0 Å². The van der Waals surface area contributed by atoms with Gasteiger partial charge in [-0.05, 0) is 60.4 Å². The third kappa shape index (κ3) is 3.72. The molecule has 0 bridgehead atoms. The molecule has 2 heterocycles. The number of rotatable bonds is 5. The molecule has 0 aliphatic carbocycles. The molecule has 0 amide bonds. The molecule has 1 N–H and O–H groups in total. The van der Waals surface area contributed by atoms with Crippen molar-refractivity contribution in [2.45, 2.75) is 36.6 Å². The number of nitrogens with one attached hydrogen (secondary N) is 1. The lowest BCUT2D eigenvalue weighted by Gasteiger charge is -2.11. The van der Waals surface area contributed by atoms with E-state index in [0.29, 0.717) is 17.3 Å². The number of sulfone groups is 1. The molecule has 7 nitrogen and oxygen atoms in total. The van der Waals surface area contributed by atoms with E-state index in [9.17, 15) is 8.42 Å². The Balaban J connectivity index is 1.69. The molecule has 0 spiro atoms. The van der Waals surface area contributed by atoms with Crippen molar-refractivity contribution in [3.05, 3.63) is 83.9 Å². The summed E-state index contributed by atoms with van der Waals surface area (Å²) in [6.45, 7) is 6.14. The molecule has 0 atom stereocenters. The van der Waals surface area contributed by atoms with Gasteiger partial charge in [-0.1, -0.05) is 55.5 Å². The number of hydrogen-bond donors (Lipinski definition) is 1. The minimum atomic E-state index is -3.91. The molecular formula is C25H23N5O2S. The lowest BCUT2D eigenvalue weighted by Crippen LogP contribution is -2.06. The van der Waals surface area contributed by atoms with E-state index in [-0.39, 0.29) is 15.6 Å². The highest BCUT2D eigenvalue weighted by Gasteiger charge is 2.27. The average Bonchev–Trinajstić information content (AvgIpc) is 3.24. The summed E-state index contributed by atoms with van der Waals surface area (Å²) in [5, 5.41) is 12.2. The number of para-hydroxylation sites is 1. The number of anilines is 2. The number of fused-ring (bicyclic) bond motifs is 3. The van der Waals surface area contributed by atoms with E-state index in [2.05, 4.69) is 34.5 Å². The summed E-state index contributed by atoms with van der Waals surface area (Å²) >= 11 is 0. The van der Waals surface area contributed by atoms with Crippen molar-refractivity contribution in [3.63, 3.8) is 0 Å². The van der Waals surface area contributed by atoms with Crippen molar-refractivity contribution < 1.29 is 8.42 Å². The fourth-order valence-corrected chi connectivity index (χ4v) is 5.05. The van der Waals surface area contributed by atoms with Gasteiger partial charge in [-0.3, -0.25) is 0 Å². The number of aromatic nitrogens is 4. The largest absolute Gasteiger partial charge is 0.340 e. The van der Waals surface area contributed by atoms with E-state index < -0.39 is 9.84 Å². The highest BCUT2D eigenvalue weighted by molar-refractivity contribution is 7.91. The van der Waals surface area contributed by atoms with Gasteiger partial charge in [-0.2, -0.15) is 4.52 Å². The van der Waals surface area contributed by atoms with Gasteiger partial charge >= 0.3 is 0 Å². The first-order chi connectivity index (χ1) is 15.8. The van der Waals surface area contributed by atoms with Gasteiger partial charge < -0.3 is 5.32 Å². The van der Waals surface area contributed by atoms with Gasteiger partial charge in [0.2, 0.25) is 14.9 Å². The van der Waals surface area contributed by atoms with Crippen LogP contribution in [0, 0.1) is 6.92 Å². The second kappa shape index (κ2) is 7.97. The average molecular weight is 458 g/mol. The first kappa shape index (κ1) is 21.1. The van der Waals surface area contributed by atoms with E-state index in [4.69, 9.17) is 0 Å². The Bertz CT molecular complexity index is 1590. The lowest BCUT2D eigenvalue weighted by molar-refractivity contribution is 0.592. The fraction of sp³-hybridized carbons (Fsp3) is 0.160. The van der Waals surface area contributed by atoms with Crippen LogP contribution in [0.3, 0.4) is 0 Å². The predicted molar refractivity (Wildman–Crippen MR) is 129 cm³/mol. The van der Waals surface area contributed by atoms with Gasteiger partial charge in [-0.25, -0.2) is 13.4 Å². The van der Waals surface area contributed by atoms with Gasteiger partial charge in [0.1, 0.15) is 5.82 Å². The van der Waals surface area contributed by atoms with Crippen molar-refractivity contribution in [2.75, 3.05) is 5.32 Å². The van der Waals surface area contributed by atoms with Crippen molar-refractivity contribution >= 4 is 37.9 Å². The lowest BCUT2D eigenvalue weighted by atomic mass is 10.0. The summed E-state index contributed by atoms with van der Waals surface area (Å²) in [6.07, 6.45) is 0. The van der Waals surface area contributed by atoms with Crippen molar-refractivity contribution in [2.24, 2.45) is 0 Å². The number of aryl methyl sites for hydroxylation is 1. The van der Waals surface area contributed by atoms with Crippen LogP contribution in [0.15, 0.2) is 82.7 Å². The van der Waals surface area contributed by atoms with Crippen LogP contribution in [0.2, 0.25) is 0 Å². The Morgan fingerprint density at radius 1 is 0.939 bits per heavy atom. The Morgan fingerprint density at radius 3 is 2.42 bits per heavy atom. The minimum absolute atomic E-state index is 0.164. The number of nitrogens with zero attached hydrogens (tertiary/aromatic N) is 4. The first-order valence-electron chi connectivity index (χ1n) is 10.7. The van der Waals surface area contributed by atoms with Crippen molar-refractivity contribution in [1.82, 2.24) is 19.8 Å². The van der Waals surface area contributed by atoms with Crippen LogP contribution >= 0.6 is 0 Å². The van der Waals surface area contributed by atoms with Gasteiger partial charge in [0.25, 0.3) is 0 Å². The second-order valence-electron chi connectivity index (χ2n) is 8.33. The molecule has 0 fully saturated rings. The normalized spacial score (nSPS) is 12.0. The molecule has 8 heteroatoms. The second-order valence-corrected chi connectivity index (χ2v) is 10.2. The maximum Gasteiger partial charge on any atom is 0.229 e. The van der Waals surface area contributed by atoms with Gasteiger partial charge in [0.15, 0.2) is 5.65 Å². The van der Waals surface area contributed by atoms with Gasteiger partial charge in [0.05, 0.1) is 10.4 Å². The monoisotopic (exact) mass is 457 g/mol. The van der Waals surface area contributed by atoms with Gasteiger partial charge in [-0.15, -0.1) is 5.10 Å². The van der Waals surface area contributed by atoms with Crippen molar-refractivity contribution in [3.8, 4) is 0 Å². The number of benzene rings is 3. The summed E-state index contributed by atoms with van der Waals surface area (Å²) in [7, 11) is -3.91. The van der Waals surface area contributed by atoms with Crippen LogP contribution in [0.1, 0.15) is 30.9 Å². The fourth-order valence-electron chi connectivity index (χ4n) is 3.82. The SMILES string of the molecule is Cc1cccc(Nc2nc3c(S(=O)(=O)c4ccc(C(C)C)cc4)nnn3c3ccccc23)c1. The summed E-state index contributed by atoms with van der Waals surface area (Å²) in [4.78, 5) is 4.84. The molecule has 5 aromatic rings. The molecule has 0 saturated heterocycles. The number of hydrogen-bond acceptors (Lipinski definition) is 6. The molecular weight excluding hydrogens is 434 g/mol. The highest BCUT2D eigenvalue weighted by atomic mass is 32.2. The molecule has 3 aromatic carbocycles. The maximum atomic E-state index is 13.5. The zero-order chi connectivity index (χ0) is 23.2. The zero-order valence-corrected chi connectivity index (χ0v) is 19.3. The summed E-state index contributed by atoms with van der Waals surface area (Å²) in [5.74, 6) is 0.845. The molecule has 0 saturated carbocycles. The summed E-state index contributed by atoms with van der Waals surface area (Å²) < 4.78 is 28.4. The third-order valence-corrected chi connectivity index (χ3v) is 7.28. The molecule has 0 aliphatic rings. The molecule has 2 aromatic heterocycles. The predicted octanol–water partition coefficient (Wildman–Crippen LogP) is 5.29. The molecule has 0 aliphatic heterocycles. The van der Waals surface area contributed by atoms with Crippen LogP contribution in [0.25, 0.3) is 16.6 Å². The summed E-state index contributed by atoms with van der Waals surface area (Å²) in [5.41, 5.74) is 3.91. The van der Waals surface area contributed by atoms with Crippen LogP contribution < -0.4 is 5.32 Å². The van der Waals surface area contributed by atoms with E-state index in [1.165, 1.54) is 4.52 Å². The maximum absolute atomic E-state index is 13.5. The van der Waals surface area contributed by atoms with Gasteiger partial charge in [0, 0.05) is 11.1 Å². The van der Waals surface area contributed by atoms with Crippen LogP contribution in [-0.2, 0) is 9.84 Å². The summed E-state index contributed by atoms with van der Waals surface area (Å²) in [6, 6.07) is 22.4. The Hall–Kier alpha value is -3.78. The molecule has 5 rings (SSSR count). The molecule has 0 unspecified atom stereocenters. The first-order valence-corrected chi connectivity index (χ1v) is 12.2. The minimum Gasteiger partial charge on any atom is -0.340 e. The molecule has 0 radical (unpaired) electrons. The third-order valence-electron chi connectivity index (χ3n) is 5.61. The zero-order valence-electron chi connectivity index (χ0n) is 18.5. The topological polar surface area (TPSA) is 89.2 Å². The Morgan fingerprint density at radius 2 is 1.70 bits per heavy atom. The van der Waals surface area contributed by atoms with Crippen LogP contribution in [-0.4, -0.2) is 28.2 Å². The standard InChI is InChI=1S/C25H23N5O2S/c1-16(2)18-11-13-20(14-12-18)33(31,32)25-24-27-23(26-19-8-6-7-17(3)15-19)21-9-4-5-10-22(21)30(24)29-28-25/h4-16H,1-3H3,(H,26,27). The molecule has 33 heavy (non-hydrogen) atoms. The highest BCUT2D eigenvalue weighted by Crippen LogP contribution is 2.30. The Kier molecular flexibility index (Phi) is 5.09. The smallest absolute Gasteiger partial charge is 0.229 e. The Labute approximate surface area is 192 Å². The molecule has 166 valence electrons. The van der Waals surface area contributed by atoms with E-state index >= 15 is 0 Å². The van der Waals surface area contributed by atoms with E-state index in [1.807, 2.05) is 67.6 Å². The van der Waals surface area contributed by atoms with Crippen LogP contribution in [0.4, 0.5) is 11.5 Å². The quantitative estimate of drug-likeness (QED) is 0.386.